The summed E-state index contributed by atoms with van der Waals surface area (Å²) < 4.78 is 1.93. The maximum Gasteiger partial charge on any atom is 0.250 e. The molecule has 4 rings (SSSR count). The summed E-state index contributed by atoms with van der Waals surface area (Å²) in [6.07, 6.45) is 0. The lowest BCUT2D eigenvalue weighted by Crippen LogP contribution is -2.21. The predicted molar refractivity (Wildman–Crippen MR) is 139 cm³/mol. The van der Waals surface area contributed by atoms with Gasteiger partial charge in [0, 0.05) is 21.3 Å². The number of carbonyl (C=O) groups is 1. The second-order valence-corrected chi connectivity index (χ2v) is 9.33. The zero-order chi connectivity index (χ0) is 24.1. The quantitative estimate of drug-likeness (QED) is 0.183. The van der Waals surface area contributed by atoms with Gasteiger partial charge in [-0.25, -0.2) is 5.43 Å². The maximum atomic E-state index is 12.5. The molecule has 0 radical (unpaired) electrons. The normalized spacial score (nSPS) is 11.5. The highest BCUT2D eigenvalue weighted by molar-refractivity contribution is 7.99. The van der Waals surface area contributed by atoms with E-state index >= 15 is 0 Å². The Kier molecular flexibility index (Phi) is 7.67. The summed E-state index contributed by atoms with van der Waals surface area (Å²) in [6, 6.07) is 22.7. The van der Waals surface area contributed by atoms with Crippen LogP contribution in [-0.2, 0) is 4.79 Å². The topological polar surface area (TPSA) is 72.2 Å². The Labute approximate surface area is 212 Å². The Morgan fingerprint density at radius 3 is 2.21 bits per heavy atom. The number of hydrazone groups is 1. The number of thioether (sulfide) groups is 1. The number of nitrogens with zero attached hydrogens (tertiary/aromatic N) is 4. The smallest absolute Gasteiger partial charge is 0.250 e. The molecule has 1 amide bonds. The number of amides is 1. The third-order valence-corrected chi connectivity index (χ3v) is 6.40. The Balaban J connectivity index is 1.52. The summed E-state index contributed by atoms with van der Waals surface area (Å²) in [5.41, 5.74) is 7.08. The predicted octanol–water partition coefficient (Wildman–Crippen LogP) is 6.18. The molecule has 0 saturated heterocycles. The molecule has 1 heterocycles. The van der Waals surface area contributed by atoms with Crippen LogP contribution >= 0.6 is 35.0 Å². The van der Waals surface area contributed by atoms with Crippen molar-refractivity contribution < 1.29 is 4.79 Å². The molecule has 0 aliphatic heterocycles. The monoisotopic (exact) mass is 509 g/mol. The molecule has 0 unspecified atom stereocenters. The minimum atomic E-state index is -0.246. The van der Waals surface area contributed by atoms with E-state index in [1.54, 1.807) is 12.1 Å². The summed E-state index contributed by atoms with van der Waals surface area (Å²) >= 11 is 13.3. The van der Waals surface area contributed by atoms with Crippen molar-refractivity contribution in [1.82, 2.24) is 20.2 Å². The Morgan fingerprint density at radius 1 is 0.941 bits per heavy atom. The molecule has 1 aromatic heterocycles. The first-order valence-corrected chi connectivity index (χ1v) is 12.1. The molecule has 34 heavy (non-hydrogen) atoms. The molecule has 0 aliphatic rings. The van der Waals surface area contributed by atoms with Gasteiger partial charge in [-0.05, 0) is 67.9 Å². The van der Waals surface area contributed by atoms with Crippen molar-refractivity contribution in [1.29, 1.82) is 0 Å². The van der Waals surface area contributed by atoms with E-state index in [0.29, 0.717) is 26.7 Å². The average Bonchev–Trinajstić information content (AvgIpc) is 3.26. The Bertz CT molecular complexity index is 1320. The number of nitrogens with one attached hydrogen (secondary N) is 1. The molecule has 1 N–H and O–H groups in total. The fourth-order valence-electron chi connectivity index (χ4n) is 3.14. The van der Waals surface area contributed by atoms with E-state index in [-0.39, 0.29) is 11.7 Å². The first-order valence-electron chi connectivity index (χ1n) is 10.4. The van der Waals surface area contributed by atoms with E-state index in [0.717, 1.165) is 22.4 Å². The molecule has 0 atom stereocenters. The van der Waals surface area contributed by atoms with Gasteiger partial charge < -0.3 is 0 Å². The van der Waals surface area contributed by atoms with Crippen molar-refractivity contribution in [2.24, 2.45) is 5.10 Å². The molecule has 0 aliphatic carbocycles. The highest BCUT2D eigenvalue weighted by Crippen LogP contribution is 2.28. The summed E-state index contributed by atoms with van der Waals surface area (Å²) in [5.74, 6) is 0.548. The van der Waals surface area contributed by atoms with Gasteiger partial charge >= 0.3 is 0 Å². The fourth-order valence-corrected chi connectivity index (χ4v) is 4.14. The largest absolute Gasteiger partial charge is 0.272 e. The lowest BCUT2D eigenvalue weighted by Gasteiger charge is -2.11. The number of aryl methyl sites for hydroxylation is 1. The summed E-state index contributed by atoms with van der Waals surface area (Å²) in [4.78, 5) is 12.5. The van der Waals surface area contributed by atoms with Crippen molar-refractivity contribution in [2.75, 3.05) is 5.75 Å². The first kappa shape index (κ1) is 24.0. The number of halogens is 2. The zero-order valence-electron chi connectivity index (χ0n) is 18.5. The number of carbonyl (C=O) groups excluding carboxylic acids is 1. The van der Waals surface area contributed by atoms with Gasteiger partial charge in [0.25, 0.3) is 5.91 Å². The molecule has 0 spiro atoms. The van der Waals surface area contributed by atoms with E-state index in [2.05, 4.69) is 20.7 Å². The molecule has 0 fully saturated rings. The minimum Gasteiger partial charge on any atom is -0.272 e. The first-order chi connectivity index (χ1) is 16.4. The lowest BCUT2D eigenvalue weighted by molar-refractivity contribution is -0.118. The minimum absolute atomic E-state index is 0.127. The second kappa shape index (κ2) is 10.9. The van der Waals surface area contributed by atoms with Gasteiger partial charge in [0.1, 0.15) is 0 Å². The Hall–Kier alpha value is -3.13. The zero-order valence-corrected chi connectivity index (χ0v) is 20.8. The Morgan fingerprint density at radius 2 is 1.56 bits per heavy atom. The molecule has 9 heteroatoms. The summed E-state index contributed by atoms with van der Waals surface area (Å²) in [5, 5.41) is 14.8. The van der Waals surface area contributed by atoms with Crippen LogP contribution in [0.2, 0.25) is 10.0 Å². The molecule has 4 aromatic rings. The third kappa shape index (κ3) is 5.86. The number of hydrogen-bond acceptors (Lipinski definition) is 5. The van der Waals surface area contributed by atoms with Crippen LogP contribution in [0.5, 0.6) is 0 Å². The number of rotatable bonds is 7. The van der Waals surface area contributed by atoms with Crippen molar-refractivity contribution in [3.8, 4) is 17.1 Å². The van der Waals surface area contributed by atoms with Crippen molar-refractivity contribution in [2.45, 2.75) is 19.0 Å². The highest BCUT2D eigenvalue weighted by atomic mass is 35.5. The van der Waals surface area contributed by atoms with E-state index < -0.39 is 0 Å². The van der Waals surface area contributed by atoms with Crippen molar-refractivity contribution in [3.63, 3.8) is 0 Å². The average molecular weight is 510 g/mol. The molecule has 172 valence electrons. The van der Waals surface area contributed by atoms with Crippen LogP contribution < -0.4 is 5.43 Å². The van der Waals surface area contributed by atoms with Gasteiger partial charge in [0.05, 0.1) is 11.5 Å². The van der Waals surface area contributed by atoms with Crippen LogP contribution in [0.25, 0.3) is 17.1 Å². The van der Waals surface area contributed by atoms with Gasteiger partial charge in [0.15, 0.2) is 11.0 Å². The van der Waals surface area contributed by atoms with Gasteiger partial charge in [-0.15, -0.1) is 10.2 Å². The summed E-state index contributed by atoms with van der Waals surface area (Å²) in [7, 11) is 0. The van der Waals surface area contributed by atoms with Gasteiger partial charge in [0.2, 0.25) is 0 Å². The van der Waals surface area contributed by atoms with Crippen LogP contribution in [0.15, 0.2) is 83.1 Å². The number of aromatic nitrogens is 3. The highest BCUT2D eigenvalue weighted by Gasteiger charge is 2.17. The van der Waals surface area contributed by atoms with Gasteiger partial charge in [-0.1, -0.05) is 64.8 Å². The molecule has 6 nitrogen and oxygen atoms in total. The molecular weight excluding hydrogens is 489 g/mol. The van der Waals surface area contributed by atoms with Gasteiger partial charge in [-0.3, -0.25) is 9.36 Å². The standard InChI is InChI=1S/C25H21Cl2N5OS/c1-16-3-13-22(14-4-16)32-24(19-7-11-21(27)12-8-19)30-31-25(32)34-15-23(33)29-28-17(2)18-5-9-20(26)10-6-18/h3-14H,15H2,1-2H3,(H,29,33)/b28-17+. The van der Waals surface area contributed by atoms with Crippen LogP contribution in [0.4, 0.5) is 0 Å². The molecule has 3 aromatic carbocycles. The van der Waals surface area contributed by atoms with Crippen molar-refractivity contribution >= 4 is 46.6 Å². The molecular formula is C25H21Cl2N5OS. The number of hydrogen-bond donors (Lipinski definition) is 1. The second-order valence-electron chi connectivity index (χ2n) is 7.51. The lowest BCUT2D eigenvalue weighted by atomic mass is 10.1. The number of benzene rings is 3. The summed E-state index contributed by atoms with van der Waals surface area (Å²) in [6.45, 7) is 3.85. The fraction of sp³-hybridized carbons (Fsp3) is 0.120. The molecule has 0 saturated carbocycles. The van der Waals surface area contributed by atoms with E-state index in [1.807, 2.05) is 79.1 Å². The van der Waals surface area contributed by atoms with E-state index in [1.165, 1.54) is 11.8 Å². The van der Waals surface area contributed by atoms with Crippen molar-refractivity contribution in [3.05, 3.63) is 94.0 Å². The van der Waals surface area contributed by atoms with Crippen LogP contribution in [-0.4, -0.2) is 32.1 Å². The van der Waals surface area contributed by atoms with Gasteiger partial charge in [-0.2, -0.15) is 5.10 Å². The van der Waals surface area contributed by atoms with Crippen LogP contribution in [0.3, 0.4) is 0 Å². The maximum absolute atomic E-state index is 12.5. The van der Waals surface area contributed by atoms with Crippen LogP contribution in [0, 0.1) is 6.92 Å². The van der Waals surface area contributed by atoms with Crippen LogP contribution in [0.1, 0.15) is 18.1 Å². The van der Waals surface area contributed by atoms with E-state index in [4.69, 9.17) is 23.2 Å². The SMILES string of the molecule is C/C(=N\NC(=O)CSc1nnc(-c2ccc(Cl)cc2)n1-c1ccc(C)cc1)c1ccc(Cl)cc1. The van der Waals surface area contributed by atoms with E-state index in [9.17, 15) is 4.79 Å². The third-order valence-electron chi connectivity index (χ3n) is 4.97. The molecule has 0 bridgehead atoms.